The number of ether oxygens (including phenoxy) is 1. The van der Waals surface area contributed by atoms with E-state index in [1.165, 1.54) is 0 Å². The lowest BCUT2D eigenvalue weighted by Gasteiger charge is -2.24. The maximum atomic E-state index is 11.7. The van der Waals surface area contributed by atoms with Crippen LogP contribution in [0.4, 0.5) is 0 Å². The Morgan fingerprint density at radius 2 is 2.16 bits per heavy atom. The van der Waals surface area contributed by atoms with Gasteiger partial charge in [0, 0.05) is 19.4 Å². The Bertz CT molecular complexity index is 364. The van der Waals surface area contributed by atoms with E-state index in [9.17, 15) is 14.4 Å². The van der Waals surface area contributed by atoms with Crippen LogP contribution < -0.4 is 10.6 Å². The molecule has 106 valence electrons. The summed E-state index contributed by atoms with van der Waals surface area (Å²) in [5.74, 6) is -0.826. The number of carbonyl (C=O) groups excluding carboxylic acids is 3. The second-order valence-corrected chi connectivity index (χ2v) is 5.10. The first-order chi connectivity index (χ1) is 9.15. The molecule has 2 fully saturated rings. The van der Waals surface area contributed by atoms with E-state index in [0.717, 1.165) is 25.9 Å². The highest BCUT2D eigenvalue weighted by molar-refractivity contribution is 6.01. The first-order valence-corrected chi connectivity index (χ1v) is 6.90. The molecule has 2 saturated heterocycles. The fourth-order valence-corrected chi connectivity index (χ4v) is 2.42. The Balaban J connectivity index is 1.68. The third kappa shape index (κ3) is 4.31. The number of imide groups is 1. The monoisotopic (exact) mass is 268 g/mol. The molecule has 0 radical (unpaired) electrons. The predicted molar refractivity (Wildman–Crippen MR) is 67.1 cm³/mol. The summed E-state index contributed by atoms with van der Waals surface area (Å²) in [6.07, 6.45) is 5.14. The Morgan fingerprint density at radius 3 is 2.84 bits per heavy atom. The molecule has 0 bridgehead atoms. The van der Waals surface area contributed by atoms with Gasteiger partial charge >= 0.3 is 0 Å². The number of rotatable bonds is 4. The van der Waals surface area contributed by atoms with E-state index in [1.54, 1.807) is 0 Å². The van der Waals surface area contributed by atoms with Gasteiger partial charge in [-0.15, -0.1) is 0 Å². The van der Waals surface area contributed by atoms with E-state index in [4.69, 9.17) is 4.74 Å². The zero-order valence-electron chi connectivity index (χ0n) is 10.9. The Morgan fingerprint density at radius 1 is 1.32 bits per heavy atom. The van der Waals surface area contributed by atoms with Gasteiger partial charge in [-0.3, -0.25) is 19.7 Å². The van der Waals surface area contributed by atoms with Gasteiger partial charge in [-0.1, -0.05) is 0 Å². The van der Waals surface area contributed by atoms with Gasteiger partial charge in [-0.05, 0) is 32.1 Å². The van der Waals surface area contributed by atoms with Gasteiger partial charge < -0.3 is 10.1 Å². The highest BCUT2D eigenvalue weighted by Gasteiger charge is 2.27. The summed E-state index contributed by atoms with van der Waals surface area (Å²) in [5, 5.41) is 4.89. The van der Waals surface area contributed by atoms with Crippen LogP contribution in [0.15, 0.2) is 0 Å². The fraction of sp³-hybridized carbons (Fsp3) is 0.769. The van der Waals surface area contributed by atoms with Crippen LogP contribution in [0, 0.1) is 0 Å². The first-order valence-electron chi connectivity index (χ1n) is 6.90. The average Bonchev–Trinajstić information content (AvgIpc) is 2.41. The molecule has 0 aromatic carbocycles. The van der Waals surface area contributed by atoms with Crippen molar-refractivity contribution in [3.63, 3.8) is 0 Å². The van der Waals surface area contributed by atoms with Gasteiger partial charge in [-0.2, -0.15) is 0 Å². The normalized spacial score (nSPS) is 27.8. The Labute approximate surface area is 112 Å². The molecule has 2 N–H and O–H groups in total. The van der Waals surface area contributed by atoms with Crippen LogP contribution in [0.3, 0.4) is 0 Å². The summed E-state index contributed by atoms with van der Waals surface area (Å²) in [5.41, 5.74) is 0. The summed E-state index contributed by atoms with van der Waals surface area (Å²) in [6, 6.07) is -0.572. The SMILES string of the molecule is O=C1CCC(NC(=O)CCC2CCCCO2)C(=O)N1. The van der Waals surface area contributed by atoms with Gasteiger partial charge in [0.15, 0.2) is 0 Å². The largest absolute Gasteiger partial charge is 0.378 e. The van der Waals surface area contributed by atoms with Crippen molar-refractivity contribution in [1.29, 1.82) is 0 Å². The molecule has 2 aliphatic heterocycles. The van der Waals surface area contributed by atoms with Crippen LogP contribution in [0.5, 0.6) is 0 Å². The number of carbonyl (C=O) groups is 3. The molecule has 2 atom stereocenters. The van der Waals surface area contributed by atoms with Crippen molar-refractivity contribution >= 4 is 17.7 Å². The standard InChI is InChI=1S/C13H20N2O4/c16-11(6-4-9-3-1-2-8-19-9)14-10-5-7-12(17)15-13(10)18/h9-10H,1-8H2,(H,14,16)(H,15,17,18). The average molecular weight is 268 g/mol. The molecule has 0 spiro atoms. The second-order valence-electron chi connectivity index (χ2n) is 5.10. The summed E-state index contributed by atoms with van der Waals surface area (Å²) in [6.45, 7) is 0.777. The minimum atomic E-state index is -0.572. The summed E-state index contributed by atoms with van der Waals surface area (Å²) >= 11 is 0. The van der Waals surface area contributed by atoms with E-state index in [0.29, 0.717) is 19.3 Å². The van der Waals surface area contributed by atoms with E-state index >= 15 is 0 Å². The summed E-state index contributed by atoms with van der Waals surface area (Å²) in [7, 11) is 0. The van der Waals surface area contributed by atoms with Crippen molar-refractivity contribution in [2.24, 2.45) is 0 Å². The number of hydrogen-bond acceptors (Lipinski definition) is 4. The third-order valence-electron chi connectivity index (χ3n) is 3.54. The topological polar surface area (TPSA) is 84.5 Å². The maximum absolute atomic E-state index is 11.7. The molecule has 3 amide bonds. The molecule has 0 aromatic heterocycles. The van der Waals surface area contributed by atoms with E-state index in [2.05, 4.69) is 10.6 Å². The van der Waals surface area contributed by atoms with E-state index in [-0.39, 0.29) is 24.3 Å². The molecule has 0 aliphatic carbocycles. The molecule has 0 saturated carbocycles. The lowest BCUT2D eigenvalue weighted by Crippen LogP contribution is -2.52. The van der Waals surface area contributed by atoms with Crippen molar-refractivity contribution in [3.8, 4) is 0 Å². The van der Waals surface area contributed by atoms with Gasteiger partial charge in [0.25, 0.3) is 0 Å². The molecule has 6 heteroatoms. The molecule has 2 rings (SSSR count). The van der Waals surface area contributed by atoms with Crippen LogP contribution in [0.25, 0.3) is 0 Å². The predicted octanol–water partition coefficient (Wildman–Crippen LogP) is 0.257. The molecule has 6 nitrogen and oxygen atoms in total. The molecular weight excluding hydrogens is 248 g/mol. The van der Waals surface area contributed by atoms with Crippen LogP contribution in [0.1, 0.15) is 44.9 Å². The number of nitrogens with one attached hydrogen (secondary N) is 2. The summed E-state index contributed by atoms with van der Waals surface area (Å²) in [4.78, 5) is 34.2. The van der Waals surface area contributed by atoms with Gasteiger partial charge in [0.2, 0.25) is 17.7 Å². The number of hydrogen-bond donors (Lipinski definition) is 2. The smallest absolute Gasteiger partial charge is 0.249 e. The first kappa shape index (κ1) is 14.0. The van der Waals surface area contributed by atoms with Crippen LogP contribution in [0.2, 0.25) is 0 Å². The minimum absolute atomic E-state index is 0.149. The lowest BCUT2D eigenvalue weighted by molar-refractivity contribution is -0.137. The van der Waals surface area contributed by atoms with Crippen molar-refractivity contribution in [3.05, 3.63) is 0 Å². The van der Waals surface area contributed by atoms with Crippen molar-refractivity contribution in [1.82, 2.24) is 10.6 Å². The molecule has 2 unspecified atom stereocenters. The molecule has 2 heterocycles. The van der Waals surface area contributed by atoms with Gasteiger partial charge in [0.05, 0.1) is 6.10 Å². The van der Waals surface area contributed by atoms with Crippen molar-refractivity contribution in [2.45, 2.75) is 57.1 Å². The Kier molecular flexibility index (Phi) is 4.90. The number of piperidine rings is 1. The van der Waals surface area contributed by atoms with Crippen LogP contribution in [-0.2, 0) is 19.1 Å². The van der Waals surface area contributed by atoms with Crippen LogP contribution in [-0.4, -0.2) is 36.5 Å². The van der Waals surface area contributed by atoms with Crippen molar-refractivity contribution in [2.75, 3.05) is 6.61 Å². The molecule has 19 heavy (non-hydrogen) atoms. The number of amides is 3. The minimum Gasteiger partial charge on any atom is -0.378 e. The zero-order chi connectivity index (χ0) is 13.7. The summed E-state index contributed by atoms with van der Waals surface area (Å²) < 4.78 is 5.55. The fourth-order valence-electron chi connectivity index (χ4n) is 2.42. The van der Waals surface area contributed by atoms with E-state index in [1.807, 2.05) is 0 Å². The molecular formula is C13H20N2O4. The van der Waals surface area contributed by atoms with Crippen molar-refractivity contribution < 1.29 is 19.1 Å². The maximum Gasteiger partial charge on any atom is 0.249 e. The van der Waals surface area contributed by atoms with Crippen LogP contribution >= 0.6 is 0 Å². The lowest BCUT2D eigenvalue weighted by atomic mass is 10.0. The quantitative estimate of drug-likeness (QED) is 0.716. The zero-order valence-corrected chi connectivity index (χ0v) is 10.9. The highest BCUT2D eigenvalue weighted by Crippen LogP contribution is 2.17. The highest BCUT2D eigenvalue weighted by atomic mass is 16.5. The Hall–Kier alpha value is -1.43. The van der Waals surface area contributed by atoms with Gasteiger partial charge in [0.1, 0.15) is 6.04 Å². The third-order valence-corrected chi connectivity index (χ3v) is 3.54. The van der Waals surface area contributed by atoms with Gasteiger partial charge in [-0.25, -0.2) is 0 Å². The van der Waals surface area contributed by atoms with E-state index < -0.39 is 11.9 Å². The second kappa shape index (κ2) is 6.65. The molecule has 2 aliphatic rings. The molecule has 0 aromatic rings.